The molecule has 0 aliphatic heterocycles. The summed E-state index contributed by atoms with van der Waals surface area (Å²) in [7, 11) is 0. The van der Waals surface area contributed by atoms with Gasteiger partial charge in [-0.1, -0.05) is 32.9 Å². The zero-order chi connectivity index (χ0) is 14.0. The van der Waals surface area contributed by atoms with Crippen LogP contribution in [0, 0.1) is 0 Å². The van der Waals surface area contributed by atoms with Crippen LogP contribution in [-0.2, 0) is 16.6 Å². The molecule has 100 valence electrons. The van der Waals surface area contributed by atoms with Gasteiger partial charge in [-0.3, -0.25) is 4.79 Å². The van der Waals surface area contributed by atoms with Crippen molar-refractivity contribution in [3.8, 4) is 5.69 Å². The van der Waals surface area contributed by atoms with E-state index in [1.807, 2.05) is 24.3 Å². The lowest BCUT2D eigenvalue weighted by Gasteiger charge is -2.18. The highest BCUT2D eigenvalue weighted by Crippen LogP contribution is 2.22. The lowest BCUT2D eigenvalue weighted by molar-refractivity contribution is -0.136. The first kappa shape index (κ1) is 13.2. The van der Waals surface area contributed by atoms with Gasteiger partial charge in [0.2, 0.25) is 0 Å². The molecule has 0 radical (unpaired) electrons. The van der Waals surface area contributed by atoms with Gasteiger partial charge in [-0.2, -0.15) is 0 Å². The van der Waals surface area contributed by atoms with Gasteiger partial charge in [0, 0.05) is 0 Å². The quantitative estimate of drug-likeness (QED) is 0.906. The van der Waals surface area contributed by atoms with Gasteiger partial charge < -0.3 is 5.11 Å². The lowest BCUT2D eigenvalue weighted by atomic mass is 9.87. The Morgan fingerprint density at radius 3 is 2.42 bits per heavy atom. The third-order valence-corrected chi connectivity index (χ3v) is 2.73. The van der Waals surface area contributed by atoms with Crippen LogP contribution in [0.2, 0.25) is 0 Å². The zero-order valence-corrected chi connectivity index (χ0v) is 11.2. The topological polar surface area (TPSA) is 80.9 Å². The molecule has 1 heterocycles. The number of carboxylic acids is 1. The third kappa shape index (κ3) is 3.15. The fraction of sp³-hybridized carbons (Fsp3) is 0.385. The number of nitrogens with zero attached hydrogens (tertiary/aromatic N) is 4. The van der Waals surface area contributed by atoms with Crippen LogP contribution < -0.4 is 0 Å². The largest absolute Gasteiger partial charge is 0.481 e. The normalized spacial score (nSPS) is 11.5. The summed E-state index contributed by atoms with van der Waals surface area (Å²) in [6.45, 7) is 6.42. The van der Waals surface area contributed by atoms with Gasteiger partial charge in [0.05, 0.1) is 5.69 Å². The highest BCUT2D eigenvalue weighted by Gasteiger charge is 2.14. The van der Waals surface area contributed by atoms with E-state index in [2.05, 4.69) is 36.2 Å². The van der Waals surface area contributed by atoms with Gasteiger partial charge in [-0.05, 0) is 28.3 Å². The van der Waals surface area contributed by atoms with Crippen molar-refractivity contribution in [3.05, 3.63) is 35.7 Å². The van der Waals surface area contributed by atoms with E-state index in [1.54, 1.807) is 0 Å². The second-order valence-corrected chi connectivity index (χ2v) is 5.36. The van der Waals surface area contributed by atoms with E-state index in [0.717, 1.165) is 5.69 Å². The number of aromatic nitrogens is 4. The summed E-state index contributed by atoms with van der Waals surface area (Å²) >= 11 is 0. The molecule has 0 atom stereocenters. The fourth-order valence-electron chi connectivity index (χ4n) is 1.65. The minimum Gasteiger partial charge on any atom is -0.481 e. The van der Waals surface area contributed by atoms with Crippen molar-refractivity contribution in [2.24, 2.45) is 0 Å². The molecule has 0 aliphatic rings. The van der Waals surface area contributed by atoms with E-state index in [4.69, 9.17) is 5.11 Å². The monoisotopic (exact) mass is 260 g/mol. The maximum atomic E-state index is 10.6. The van der Waals surface area contributed by atoms with Crippen molar-refractivity contribution in [1.82, 2.24) is 20.2 Å². The molecule has 1 N–H and O–H groups in total. The van der Waals surface area contributed by atoms with Crippen LogP contribution in [0.5, 0.6) is 0 Å². The summed E-state index contributed by atoms with van der Waals surface area (Å²) in [6.07, 6.45) is -0.222. The Balaban J connectivity index is 2.23. The lowest BCUT2D eigenvalue weighted by Crippen LogP contribution is -2.11. The predicted octanol–water partition coefficient (Wildman–Crippen LogP) is 1.59. The first-order valence-corrected chi connectivity index (χ1v) is 5.98. The van der Waals surface area contributed by atoms with E-state index in [1.165, 1.54) is 10.4 Å². The predicted molar refractivity (Wildman–Crippen MR) is 69.2 cm³/mol. The number of carboxylic acid groups (broad SMARTS) is 1. The van der Waals surface area contributed by atoms with Crippen LogP contribution in [-0.4, -0.2) is 31.3 Å². The standard InChI is InChI=1S/C13H16N4O2/c1-13(2,3)9-4-6-10(7-5-9)17-15-11(14-16-17)8-12(18)19/h4-7H,8H2,1-3H3,(H,18,19). The van der Waals surface area contributed by atoms with Gasteiger partial charge in [0.25, 0.3) is 0 Å². The minimum absolute atomic E-state index is 0.0861. The van der Waals surface area contributed by atoms with Crippen molar-refractivity contribution >= 4 is 5.97 Å². The Kier molecular flexibility index (Phi) is 3.33. The van der Waals surface area contributed by atoms with Crippen molar-refractivity contribution in [2.75, 3.05) is 0 Å². The second-order valence-electron chi connectivity index (χ2n) is 5.36. The Labute approximate surface area is 111 Å². The Morgan fingerprint density at radius 1 is 1.26 bits per heavy atom. The van der Waals surface area contributed by atoms with E-state index in [0.29, 0.717) is 0 Å². The number of carbonyl (C=O) groups is 1. The second kappa shape index (κ2) is 4.79. The van der Waals surface area contributed by atoms with Gasteiger partial charge in [0.1, 0.15) is 6.42 Å². The maximum Gasteiger partial charge on any atom is 0.311 e. The molecule has 0 saturated heterocycles. The molecule has 6 heteroatoms. The molecule has 1 aromatic heterocycles. The van der Waals surface area contributed by atoms with Crippen LogP contribution in [0.15, 0.2) is 24.3 Å². The van der Waals surface area contributed by atoms with Crippen molar-refractivity contribution in [2.45, 2.75) is 32.6 Å². The van der Waals surface area contributed by atoms with E-state index >= 15 is 0 Å². The highest BCUT2D eigenvalue weighted by molar-refractivity contribution is 5.68. The number of aliphatic carboxylic acids is 1. The Hall–Kier alpha value is -2.24. The SMILES string of the molecule is CC(C)(C)c1ccc(-n2nnc(CC(=O)O)n2)cc1. The summed E-state index contributed by atoms with van der Waals surface area (Å²) in [5, 5.41) is 20.2. The molecule has 0 amide bonds. The number of hydrogen-bond donors (Lipinski definition) is 1. The minimum atomic E-state index is -0.970. The van der Waals surface area contributed by atoms with Crippen LogP contribution in [0.25, 0.3) is 5.69 Å². The van der Waals surface area contributed by atoms with Crippen molar-refractivity contribution < 1.29 is 9.90 Å². The van der Waals surface area contributed by atoms with Crippen molar-refractivity contribution in [1.29, 1.82) is 0 Å². The third-order valence-electron chi connectivity index (χ3n) is 2.73. The number of benzene rings is 1. The Morgan fingerprint density at radius 2 is 1.89 bits per heavy atom. The van der Waals surface area contributed by atoms with Gasteiger partial charge in [-0.15, -0.1) is 15.0 Å². The average Bonchev–Trinajstić information content (AvgIpc) is 2.75. The average molecular weight is 260 g/mol. The fourth-order valence-corrected chi connectivity index (χ4v) is 1.65. The molecule has 2 rings (SSSR count). The van der Waals surface area contributed by atoms with E-state index in [9.17, 15) is 4.79 Å². The molecule has 1 aromatic carbocycles. The smallest absolute Gasteiger partial charge is 0.311 e. The zero-order valence-electron chi connectivity index (χ0n) is 11.2. The summed E-state index contributed by atoms with van der Waals surface area (Å²) in [5.41, 5.74) is 2.06. The molecule has 0 aliphatic carbocycles. The summed E-state index contributed by atoms with van der Waals surface area (Å²) in [5.74, 6) is -0.768. The summed E-state index contributed by atoms with van der Waals surface area (Å²) < 4.78 is 0. The van der Waals surface area contributed by atoms with Crippen molar-refractivity contribution in [3.63, 3.8) is 0 Å². The molecular formula is C13H16N4O2. The van der Waals surface area contributed by atoms with E-state index < -0.39 is 5.97 Å². The van der Waals surface area contributed by atoms with Crippen LogP contribution in [0.3, 0.4) is 0 Å². The van der Waals surface area contributed by atoms with Crippen LogP contribution >= 0.6 is 0 Å². The van der Waals surface area contributed by atoms with Gasteiger partial charge in [0.15, 0.2) is 5.82 Å². The van der Waals surface area contributed by atoms with Gasteiger partial charge >= 0.3 is 5.97 Å². The molecule has 0 bridgehead atoms. The summed E-state index contributed by atoms with van der Waals surface area (Å²) in [4.78, 5) is 11.9. The van der Waals surface area contributed by atoms with Crippen LogP contribution in [0.4, 0.5) is 0 Å². The number of hydrogen-bond acceptors (Lipinski definition) is 4. The molecule has 0 unspecified atom stereocenters. The molecule has 0 fully saturated rings. The molecular weight excluding hydrogens is 244 g/mol. The molecule has 0 spiro atoms. The first-order chi connectivity index (χ1) is 8.86. The number of rotatable bonds is 3. The highest BCUT2D eigenvalue weighted by atomic mass is 16.4. The molecule has 0 saturated carbocycles. The summed E-state index contributed by atoms with van der Waals surface area (Å²) in [6, 6.07) is 7.81. The number of tetrazole rings is 1. The van der Waals surface area contributed by atoms with Crippen LogP contribution in [0.1, 0.15) is 32.2 Å². The first-order valence-electron chi connectivity index (χ1n) is 5.98. The van der Waals surface area contributed by atoms with Gasteiger partial charge in [-0.25, -0.2) is 0 Å². The molecule has 19 heavy (non-hydrogen) atoms. The molecule has 6 nitrogen and oxygen atoms in total. The maximum absolute atomic E-state index is 10.6. The Bertz CT molecular complexity index is 581. The van der Waals surface area contributed by atoms with E-state index in [-0.39, 0.29) is 17.7 Å². The molecule has 2 aromatic rings.